The van der Waals surface area contributed by atoms with E-state index < -0.39 is 11.7 Å². The lowest BCUT2D eigenvalue weighted by atomic mass is 9.98. The Bertz CT molecular complexity index is 416. The maximum Gasteiger partial charge on any atom is 0.416 e. The van der Waals surface area contributed by atoms with Crippen LogP contribution in [0, 0.1) is 0 Å². The zero-order valence-electron chi connectivity index (χ0n) is 12.4. The van der Waals surface area contributed by atoms with Crippen molar-refractivity contribution >= 4 is 10.5 Å². The first kappa shape index (κ1) is 17.2. The average molecular weight is 304 g/mol. The average Bonchev–Trinajstić information content (AvgIpc) is 2.37. The number of rotatable bonds is 7. The highest BCUT2D eigenvalue weighted by molar-refractivity contribution is 5.98. The third-order valence-corrected chi connectivity index (χ3v) is 4.66. The van der Waals surface area contributed by atoms with Crippen molar-refractivity contribution < 1.29 is 17.6 Å². The van der Waals surface area contributed by atoms with E-state index in [1.165, 1.54) is 12.1 Å². The molecule has 0 heterocycles. The maximum atomic E-state index is 12.6. The van der Waals surface area contributed by atoms with Crippen molar-refractivity contribution in [3.63, 3.8) is 0 Å². The van der Waals surface area contributed by atoms with Gasteiger partial charge in [0.2, 0.25) is 0 Å². The van der Waals surface area contributed by atoms with Crippen LogP contribution >= 0.6 is 0 Å². The monoisotopic (exact) mass is 304 g/mol. The van der Waals surface area contributed by atoms with Crippen LogP contribution < -0.4 is 0 Å². The van der Waals surface area contributed by atoms with Crippen molar-refractivity contribution in [2.45, 2.75) is 57.7 Å². The molecule has 0 N–H and O–H groups in total. The van der Waals surface area contributed by atoms with Gasteiger partial charge in [-0.3, -0.25) is 0 Å². The molecule has 5 heteroatoms. The van der Waals surface area contributed by atoms with Crippen LogP contribution in [0.4, 0.5) is 13.2 Å². The lowest BCUT2D eigenvalue weighted by molar-refractivity contribution is -0.137. The summed E-state index contributed by atoms with van der Waals surface area (Å²) in [7, 11) is 0.734. The standard InChI is InChI=1S/C15H23F3OSi/c1-14(2,19-20)10-5-3-4-7-12-8-6-9-13(11-12)15(16,17)18/h6,8-9,11H,3-5,7,10H2,1-2,20H3. The first-order valence-electron chi connectivity index (χ1n) is 6.96. The number of halogens is 3. The quantitative estimate of drug-likeness (QED) is 0.548. The van der Waals surface area contributed by atoms with Crippen molar-refractivity contribution in [3.05, 3.63) is 35.4 Å². The van der Waals surface area contributed by atoms with Crippen molar-refractivity contribution in [2.24, 2.45) is 0 Å². The zero-order chi connectivity index (χ0) is 15.2. The van der Waals surface area contributed by atoms with Gasteiger partial charge in [-0.1, -0.05) is 31.0 Å². The van der Waals surface area contributed by atoms with Crippen LogP contribution in [0.25, 0.3) is 0 Å². The highest BCUT2D eigenvalue weighted by atomic mass is 28.2. The van der Waals surface area contributed by atoms with Gasteiger partial charge < -0.3 is 4.43 Å². The molecule has 114 valence electrons. The zero-order valence-corrected chi connectivity index (χ0v) is 14.4. The van der Waals surface area contributed by atoms with E-state index in [1.807, 2.05) is 0 Å². The van der Waals surface area contributed by atoms with Crippen LogP contribution in [-0.2, 0) is 17.0 Å². The molecule has 1 nitrogen and oxygen atoms in total. The normalized spacial score (nSPS) is 12.8. The molecular weight excluding hydrogens is 281 g/mol. The molecule has 0 unspecified atom stereocenters. The summed E-state index contributed by atoms with van der Waals surface area (Å²) in [6, 6.07) is 5.62. The Morgan fingerprint density at radius 3 is 2.40 bits per heavy atom. The molecule has 0 fully saturated rings. The SMILES string of the molecule is CC(C)(CCCCCc1cccc(C(F)(F)F)c1)O[SiH3]. The summed E-state index contributed by atoms with van der Waals surface area (Å²) in [5.74, 6) is 0. The van der Waals surface area contributed by atoms with Gasteiger partial charge in [-0.15, -0.1) is 0 Å². The number of hydrogen-bond acceptors (Lipinski definition) is 1. The Morgan fingerprint density at radius 2 is 1.80 bits per heavy atom. The topological polar surface area (TPSA) is 9.23 Å². The minimum Gasteiger partial charge on any atom is -0.423 e. The fraction of sp³-hybridized carbons (Fsp3) is 0.600. The Kier molecular flexibility index (Phi) is 6.26. The third-order valence-electron chi connectivity index (χ3n) is 3.55. The van der Waals surface area contributed by atoms with Gasteiger partial charge in [-0.25, -0.2) is 0 Å². The fourth-order valence-electron chi connectivity index (χ4n) is 2.06. The molecule has 0 spiro atoms. The van der Waals surface area contributed by atoms with Gasteiger partial charge in [0, 0.05) is 5.60 Å². The number of aryl methyl sites for hydroxylation is 1. The van der Waals surface area contributed by atoms with Crippen LogP contribution in [-0.4, -0.2) is 16.1 Å². The predicted molar refractivity (Wildman–Crippen MR) is 78.7 cm³/mol. The highest BCUT2D eigenvalue weighted by Gasteiger charge is 2.30. The van der Waals surface area contributed by atoms with Crippen LogP contribution in [0.3, 0.4) is 0 Å². The Balaban J connectivity index is 2.36. The van der Waals surface area contributed by atoms with E-state index in [4.69, 9.17) is 4.43 Å². The molecular formula is C15H23F3OSi. The Morgan fingerprint density at radius 1 is 1.10 bits per heavy atom. The minimum absolute atomic E-state index is 0.0532. The lowest BCUT2D eigenvalue weighted by Gasteiger charge is -2.23. The number of unbranched alkanes of at least 4 members (excludes halogenated alkanes) is 2. The van der Waals surface area contributed by atoms with E-state index in [1.54, 1.807) is 6.07 Å². The van der Waals surface area contributed by atoms with E-state index >= 15 is 0 Å². The van der Waals surface area contributed by atoms with Gasteiger partial charge in [-0.05, 0) is 44.7 Å². The summed E-state index contributed by atoms with van der Waals surface area (Å²) in [4.78, 5) is 0. The molecule has 0 saturated heterocycles. The molecule has 0 radical (unpaired) electrons. The number of alkyl halides is 3. The van der Waals surface area contributed by atoms with E-state index in [0.717, 1.165) is 47.8 Å². The minimum atomic E-state index is -4.25. The van der Waals surface area contributed by atoms with Gasteiger partial charge in [0.1, 0.15) is 10.5 Å². The summed E-state index contributed by atoms with van der Waals surface area (Å²) in [5, 5.41) is 0. The molecule has 0 aliphatic heterocycles. The number of benzene rings is 1. The molecule has 1 rings (SSSR count). The molecule has 0 aromatic heterocycles. The smallest absolute Gasteiger partial charge is 0.416 e. The second-order valence-electron chi connectivity index (χ2n) is 5.72. The van der Waals surface area contributed by atoms with E-state index in [0.29, 0.717) is 6.42 Å². The van der Waals surface area contributed by atoms with Crippen LogP contribution in [0.5, 0.6) is 0 Å². The molecule has 1 aromatic carbocycles. The lowest BCUT2D eigenvalue weighted by Crippen LogP contribution is -2.22. The van der Waals surface area contributed by atoms with Gasteiger partial charge in [0.05, 0.1) is 5.56 Å². The largest absolute Gasteiger partial charge is 0.423 e. The van der Waals surface area contributed by atoms with Crippen LogP contribution in [0.1, 0.15) is 50.7 Å². The van der Waals surface area contributed by atoms with Gasteiger partial charge >= 0.3 is 6.18 Å². The van der Waals surface area contributed by atoms with E-state index in [9.17, 15) is 13.2 Å². The molecule has 0 saturated carbocycles. The van der Waals surface area contributed by atoms with Crippen LogP contribution in [0.2, 0.25) is 0 Å². The first-order chi connectivity index (χ1) is 9.24. The second kappa shape index (κ2) is 7.27. The predicted octanol–water partition coefficient (Wildman–Crippen LogP) is 3.88. The Hall–Kier alpha value is -0.813. The number of hydrogen-bond donors (Lipinski definition) is 0. The van der Waals surface area contributed by atoms with Gasteiger partial charge in [0.25, 0.3) is 0 Å². The summed E-state index contributed by atoms with van der Waals surface area (Å²) in [6.07, 6.45) is 0.435. The molecule has 0 atom stereocenters. The van der Waals surface area contributed by atoms with Gasteiger partial charge in [-0.2, -0.15) is 13.2 Å². The van der Waals surface area contributed by atoms with Crippen molar-refractivity contribution in [1.29, 1.82) is 0 Å². The Labute approximate surface area is 122 Å². The van der Waals surface area contributed by atoms with Crippen molar-refractivity contribution in [3.8, 4) is 0 Å². The van der Waals surface area contributed by atoms with E-state index in [-0.39, 0.29) is 5.60 Å². The fourth-order valence-corrected chi connectivity index (χ4v) is 2.27. The molecule has 1 aromatic rings. The maximum absolute atomic E-state index is 12.6. The first-order valence-corrected chi connectivity index (χ1v) is 7.77. The highest BCUT2D eigenvalue weighted by Crippen LogP contribution is 2.29. The van der Waals surface area contributed by atoms with Crippen molar-refractivity contribution in [1.82, 2.24) is 0 Å². The second-order valence-corrected chi connectivity index (χ2v) is 6.13. The van der Waals surface area contributed by atoms with E-state index in [2.05, 4.69) is 13.8 Å². The molecule has 0 aliphatic carbocycles. The molecule has 20 heavy (non-hydrogen) atoms. The molecule has 0 amide bonds. The molecule has 0 aliphatic rings. The summed E-state index contributed by atoms with van der Waals surface area (Å²) in [6.45, 7) is 4.15. The summed E-state index contributed by atoms with van der Waals surface area (Å²) < 4.78 is 43.2. The van der Waals surface area contributed by atoms with Crippen molar-refractivity contribution in [2.75, 3.05) is 0 Å². The summed E-state index contributed by atoms with van der Waals surface area (Å²) in [5.41, 5.74) is 0.154. The molecule has 0 bridgehead atoms. The van der Waals surface area contributed by atoms with Gasteiger partial charge in [0.15, 0.2) is 0 Å². The summed E-state index contributed by atoms with van der Waals surface area (Å²) >= 11 is 0. The third kappa shape index (κ3) is 6.09. The van der Waals surface area contributed by atoms with Crippen LogP contribution in [0.15, 0.2) is 24.3 Å².